The summed E-state index contributed by atoms with van der Waals surface area (Å²) in [5.41, 5.74) is 5.59. The Morgan fingerprint density at radius 1 is 1.32 bits per heavy atom. The van der Waals surface area contributed by atoms with Crippen molar-refractivity contribution in [1.29, 1.82) is 0 Å². The number of carbonyl (C=O) groups is 1. The van der Waals surface area contributed by atoms with Crippen molar-refractivity contribution in [3.05, 3.63) is 24.3 Å². The lowest BCUT2D eigenvalue weighted by molar-refractivity contribution is -0.121. The first kappa shape index (κ1) is 15.3. The summed E-state index contributed by atoms with van der Waals surface area (Å²) in [6, 6.07) is 7.37. The van der Waals surface area contributed by atoms with Gasteiger partial charge in [-0.2, -0.15) is 0 Å². The summed E-state index contributed by atoms with van der Waals surface area (Å²) in [6.07, 6.45) is 1.12. The number of rotatable bonds is 8. The fourth-order valence-electron chi connectivity index (χ4n) is 1.46. The first-order valence-electron chi connectivity index (χ1n) is 6.41. The Labute approximate surface area is 114 Å². The van der Waals surface area contributed by atoms with Gasteiger partial charge in [0.2, 0.25) is 5.91 Å². The molecule has 1 amide bonds. The van der Waals surface area contributed by atoms with E-state index in [-0.39, 0.29) is 11.9 Å². The van der Waals surface area contributed by atoms with E-state index in [0.717, 1.165) is 17.9 Å². The molecule has 106 valence electrons. The molecule has 0 heterocycles. The van der Waals surface area contributed by atoms with Gasteiger partial charge < -0.3 is 20.5 Å². The first-order valence-corrected chi connectivity index (χ1v) is 6.41. The number of hydrogen-bond acceptors (Lipinski definition) is 4. The summed E-state index contributed by atoms with van der Waals surface area (Å²) in [5.74, 6) is 1.49. The predicted molar refractivity (Wildman–Crippen MR) is 74.4 cm³/mol. The average Bonchev–Trinajstić information content (AvgIpc) is 2.39. The predicted octanol–water partition coefficient (Wildman–Crippen LogP) is 1.32. The Kier molecular flexibility index (Phi) is 6.74. The van der Waals surface area contributed by atoms with Crippen LogP contribution >= 0.6 is 0 Å². The van der Waals surface area contributed by atoms with Gasteiger partial charge >= 0.3 is 0 Å². The van der Waals surface area contributed by atoms with Crippen LogP contribution in [0.2, 0.25) is 0 Å². The third-order valence-electron chi connectivity index (χ3n) is 2.58. The highest BCUT2D eigenvalue weighted by atomic mass is 16.5. The maximum Gasteiger partial charge on any atom is 0.223 e. The second-order valence-corrected chi connectivity index (χ2v) is 4.39. The summed E-state index contributed by atoms with van der Waals surface area (Å²) < 4.78 is 10.5. The topological polar surface area (TPSA) is 73.6 Å². The minimum absolute atomic E-state index is 0.0193. The molecule has 3 N–H and O–H groups in total. The lowest BCUT2D eigenvalue weighted by atomic mass is 10.2. The maximum absolute atomic E-state index is 11.5. The van der Waals surface area contributed by atoms with Gasteiger partial charge in [-0.15, -0.1) is 0 Å². The molecule has 5 heteroatoms. The van der Waals surface area contributed by atoms with Crippen molar-refractivity contribution in [3.63, 3.8) is 0 Å². The molecule has 0 spiro atoms. The molecule has 1 rings (SSSR count). The standard InChI is InChI=1S/C14H22N2O3/c1-11(15)7-9-16-14(17)8-10-19-13-5-3-12(18-2)4-6-13/h3-6,11H,7-10,15H2,1-2H3,(H,16,17). The minimum atomic E-state index is -0.0193. The fraction of sp³-hybridized carbons (Fsp3) is 0.500. The highest BCUT2D eigenvalue weighted by Crippen LogP contribution is 2.16. The number of hydrogen-bond donors (Lipinski definition) is 2. The van der Waals surface area contributed by atoms with Crippen LogP contribution in [0.5, 0.6) is 11.5 Å². The number of nitrogens with one attached hydrogen (secondary N) is 1. The first-order chi connectivity index (χ1) is 9.11. The fourth-order valence-corrected chi connectivity index (χ4v) is 1.46. The van der Waals surface area contributed by atoms with Gasteiger partial charge in [-0.1, -0.05) is 0 Å². The SMILES string of the molecule is COc1ccc(OCCC(=O)NCCC(C)N)cc1. The van der Waals surface area contributed by atoms with Gasteiger partial charge in [0.25, 0.3) is 0 Å². The molecule has 1 aromatic carbocycles. The van der Waals surface area contributed by atoms with Crippen LogP contribution in [0.3, 0.4) is 0 Å². The molecular weight excluding hydrogens is 244 g/mol. The Morgan fingerprint density at radius 3 is 2.53 bits per heavy atom. The van der Waals surface area contributed by atoms with Gasteiger partial charge in [-0.05, 0) is 37.6 Å². The van der Waals surface area contributed by atoms with Crippen molar-refractivity contribution in [1.82, 2.24) is 5.32 Å². The van der Waals surface area contributed by atoms with Crippen LogP contribution in [0.4, 0.5) is 0 Å². The summed E-state index contributed by atoms with van der Waals surface area (Å²) in [5, 5.41) is 2.80. The van der Waals surface area contributed by atoms with Crippen LogP contribution in [0, 0.1) is 0 Å². The van der Waals surface area contributed by atoms with Crippen molar-refractivity contribution < 1.29 is 14.3 Å². The maximum atomic E-state index is 11.5. The van der Waals surface area contributed by atoms with Crippen LogP contribution in [-0.2, 0) is 4.79 Å². The van der Waals surface area contributed by atoms with E-state index >= 15 is 0 Å². The van der Waals surface area contributed by atoms with E-state index in [1.54, 1.807) is 7.11 Å². The number of methoxy groups -OCH3 is 1. The molecule has 0 radical (unpaired) electrons. The zero-order chi connectivity index (χ0) is 14.1. The van der Waals surface area contributed by atoms with E-state index in [1.165, 1.54) is 0 Å². The Balaban J connectivity index is 2.16. The molecule has 1 aromatic rings. The second-order valence-electron chi connectivity index (χ2n) is 4.39. The van der Waals surface area contributed by atoms with Crippen molar-refractivity contribution >= 4 is 5.91 Å². The minimum Gasteiger partial charge on any atom is -0.497 e. The molecule has 0 saturated heterocycles. The van der Waals surface area contributed by atoms with Gasteiger partial charge in [0.05, 0.1) is 20.1 Å². The molecule has 1 atom stereocenters. The van der Waals surface area contributed by atoms with Crippen molar-refractivity contribution in [2.24, 2.45) is 5.73 Å². The van der Waals surface area contributed by atoms with Crippen molar-refractivity contribution in [3.8, 4) is 11.5 Å². The highest BCUT2D eigenvalue weighted by Gasteiger charge is 2.02. The molecule has 0 aliphatic rings. The molecule has 1 unspecified atom stereocenters. The molecule has 5 nitrogen and oxygen atoms in total. The molecule has 0 aromatic heterocycles. The molecular formula is C14H22N2O3. The highest BCUT2D eigenvalue weighted by molar-refractivity contribution is 5.75. The quantitative estimate of drug-likeness (QED) is 0.744. The normalized spacial score (nSPS) is 11.7. The average molecular weight is 266 g/mol. The number of carbonyl (C=O) groups excluding carboxylic acids is 1. The smallest absolute Gasteiger partial charge is 0.223 e. The number of nitrogens with two attached hydrogens (primary N) is 1. The van der Waals surface area contributed by atoms with E-state index < -0.39 is 0 Å². The molecule has 0 bridgehead atoms. The summed E-state index contributed by atoms with van der Waals surface area (Å²) >= 11 is 0. The van der Waals surface area contributed by atoms with Crippen LogP contribution in [0.15, 0.2) is 24.3 Å². The zero-order valence-corrected chi connectivity index (χ0v) is 11.5. The molecule has 0 saturated carbocycles. The van der Waals surface area contributed by atoms with Crippen LogP contribution in [0.25, 0.3) is 0 Å². The van der Waals surface area contributed by atoms with Crippen molar-refractivity contribution in [2.75, 3.05) is 20.3 Å². The molecule has 19 heavy (non-hydrogen) atoms. The molecule has 0 aliphatic carbocycles. The lowest BCUT2D eigenvalue weighted by Gasteiger charge is -2.09. The molecule has 0 fully saturated rings. The largest absolute Gasteiger partial charge is 0.497 e. The van der Waals surface area contributed by atoms with E-state index in [4.69, 9.17) is 15.2 Å². The number of amides is 1. The van der Waals surface area contributed by atoms with Crippen LogP contribution < -0.4 is 20.5 Å². The second kappa shape index (κ2) is 8.37. The Morgan fingerprint density at radius 2 is 1.95 bits per heavy atom. The summed E-state index contributed by atoms with van der Waals surface area (Å²) in [6.45, 7) is 2.88. The van der Waals surface area contributed by atoms with E-state index in [0.29, 0.717) is 19.6 Å². The third-order valence-corrected chi connectivity index (χ3v) is 2.58. The Hall–Kier alpha value is -1.75. The zero-order valence-electron chi connectivity index (χ0n) is 11.5. The monoisotopic (exact) mass is 266 g/mol. The lowest BCUT2D eigenvalue weighted by Crippen LogP contribution is -2.29. The third kappa shape index (κ3) is 6.67. The molecule has 0 aliphatic heterocycles. The number of benzene rings is 1. The van der Waals surface area contributed by atoms with Crippen LogP contribution in [0.1, 0.15) is 19.8 Å². The summed E-state index contributed by atoms with van der Waals surface area (Å²) in [4.78, 5) is 11.5. The van der Waals surface area contributed by atoms with E-state index in [1.807, 2.05) is 31.2 Å². The Bertz CT molecular complexity index is 377. The van der Waals surface area contributed by atoms with Gasteiger partial charge in [-0.25, -0.2) is 0 Å². The summed E-state index contributed by atoms with van der Waals surface area (Å²) in [7, 11) is 1.61. The van der Waals surface area contributed by atoms with Gasteiger partial charge in [0, 0.05) is 12.6 Å². The van der Waals surface area contributed by atoms with E-state index in [9.17, 15) is 4.79 Å². The van der Waals surface area contributed by atoms with Gasteiger partial charge in [-0.3, -0.25) is 4.79 Å². The number of ether oxygens (including phenoxy) is 2. The van der Waals surface area contributed by atoms with Gasteiger partial charge in [0.1, 0.15) is 11.5 Å². The van der Waals surface area contributed by atoms with Crippen LogP contribution in [-0.4, -0.2) is 32.2 Å². The van der Waals surface area contributed by atoms with Crippen molar-refractivity contribution in [2.45, 2.75) is 25.8 Å². The van der Waals surface area contributed by atoms with Gasteiger partial charge in [0.15, 0.2) is 0 Å². The van der Waals surface area contributed by atoms with E-state index in [2.05, 4.69) is 5.32 Å².